The molecule has 0 atom stereocenters. The van der Waals surface area contributed by atoms with E-state index in [2.05, 4.69) is 4.98 Å². The van der Waals surface area contributed by atoms with E-state index in [0.29, 0.717) is 11.4 Å². The minimum absolute atomic E-state index is 0.279. The molecular weight excluding hydrogens is 204 g/mol. The maximum atomic E-state index is 11.1. The van der Waals surface area contributed by atoms with Crippen molar-refractivity contribution in [3.8, 4) is 0 Å². The van der Waals surface area contributed by atoms with E-state index in [9.17, 15) is 4.79 Å². The van der Waals surface area contributed by atoms with Gasteiger partial charge < -0.3 is 9.67 Å². The summed E-state index contributed by atoms with van der Waals surface area (Å²) in [6, 6.07) is 3.71. The zero-order chi connectivity index (χ0) is 11.9. The number of carboxylic acid groups (broad SMARTS) is 1. The lowest BCUT2D eigenvalue weighted by atomic mass is 9.99. The van der Waals surface area contributed by atoms with Crippen LogP contribution in [0.2, 0.25) is 0 Å². The quantitative estimate of drug-likeness (QED) is 0.842. The first-order valence-electron chi connectivity index (χ1n) is 5.19. The molecule has 1 N–H and O–H groups in total. The van der Waals surface area contributed by atoms with Crippen molar-refractivity contribution in [2.45, 2.75) is 19.8 Å². The predicted molar refractivity (Wildman–Crippen MR) is 61.8 cm³/mol. The first-order valence-corrected chi connectivity index (χ1v) is 5.19. The Morgan fingerprint density at radius 3 is 2.69 bits per heavy atom. The number of rotatable bonds is 2. The highest BCUT2D eigenvalue weighted by Crippen LogP contribution is 2.24. The van der Waals surface area contributed by atoms with Gasteiger partial charge in [0.15, 0.2) is 0 Å². The number of hydrogen-bond donors (Lipinski definition) is 1. The van der Waals surface area contributed by atoms with Crippen LogP contribution in [0.15, 0.2) is 18.5 Å². The monoisotopic (exact) mass is 218 g/mol. The molecular formula is C12H14N2O2. The number of fused-ring (bicyclic) bond motifs is 1. The largest absolute Gasteiger partial charge is 0.478 e. The van der Waals surface area contributed by atoms with Gasteiger partial charge in [-0.15, -0.1) is 0 Å². The van der Waals surface area contributed by atoms with Crippen LogP contribution in [0.3, 0.4) is 0 Å². The molecule has 2 aromatic rings. The molecule has 1 aromatic heterocycles. The van der Waals surface area contributed by atoms with Crippen LogP contribution in [0.5, 0.6) is 0 Å². The summed E-state index contributed by atoms with van der Waals surface area (Å²) >= 11 is 0. The maximum absolute atomic E-state index is 11.1. The Labute approximate surface area is 93.5 Å². The molecule has 0 unspecified atom stereocenters. The molecule has 1 heterocycles. The highest BCUT2D eigenvalue weighted by Gasteiger charge is 2.14. The molecule has 16 heavy (non-hydrogen) atoms. The molecule has 0 bridgehead atoms. The standard InChI is InChI=1S/C12H14N2O2/c1-7(2)8-4-9(12(15)16)11-10(5-8)14(3)6-13-11/h4-7H,1-3H3,(H,15,16). The van der Waals surface area contributed by atoms with Gasteiger partial charge in [0, 0.05) is 7.05 Å². The summed E-state index contributed by atoms with van der Waals surface area (Å²) in [7, 11) is 1.87. The lowest BCUT2D eigenvalue weighted by molar-refractivity contribution is 0.0698. The number of imidazole rings is 1. The number of carbonyl (C=O) groups is 1. The predicted octanol–water partition coefficient (Wildman–Crippen LogP) is 2.39. The van der Waals surface area contributed by atoms with E-state index >= 15 is 0 Å². The fourth-order valence-corrected chi connectivity index (χ4v) is 1.75. The van der Waals surface area contributed by atoms with E-state index in [-0.39, 0.29) is 5.56 Å². The Morgan fingerprint density at radius 1 is 1.44 bits per heavy atom. The van der Waals surface area contributed by atoms with Crippen LogP contribution < -0.4 is 0 Å². The van der Waals surface area contributed by atoms with Crippen LogP contribution in [0.25, 0.3) is 11.0 Å². The molecule has 4 nitrogen and oxygen atoms in total. The minimum atomic E-state index is -0.925. The van der Waals surface area contributed by atoms with Gasteiger partial charge in [-0.05, 0) is 23.6 Å². The molecule has 1 aromatic carbocycles. The number of aryl methyl sites for hydroxylation is 1. The number of aromatic nitrogens is 2. The van der Waals surface area contributed by atoms with Crippen molar-refractivity contribution in [1.82, 2.24) is 9.55 Å². The topological polar surface area (TPSA) is 55.1 Å². The smallest absolute Gasteiger partial charge is 0.337 e. The Hall–Kier alpha value is -1.84. The van der Waals surface area contributed by atoms with Crippen molar-refractivity contribution in [3.63, 3.8) is 0 Å². The summed E-state index contributed by atoms with van der Waals surface area (Å²) in [6.45, 7) is 4.09. The molecule has 0 fully saturated rings. The van der Waals surface area contributed by atoms with Crippen LogP contribution in [0, 0.1) is 0 Å². The van der Waals surface area contributed by atoms with Gasteiger partial charge in [0.1, 0.15) is 5.52 Å². The van der Waals surface area contributed by atoms with E-state index < -0.39 is 5.97 Å². The van der Waals surface area contributed by atoms with Gasteiger partial charge in [0.25, 0.3) is 0 Å². The van der Waals surface area contributed by atoms with E-state index in [0.717, 1.165) is 11.1 Å². The van der Waals surface area contributed by atoms with Gasteiger partial charge in [-0.3, -0.25) is 0 Å². The fourth-order valence-electron chi connectivity index (χ4n) is 1.75. The molecule has 0 spiro atoms. The van der Waals surface area contributed by atoms with Crippen LogP contribution in [0.1, 0.15) is 35.7 Å². The Morgan fingerprint density at radius 2 is 2.12 bits per heavy atom. The molecule has 4 heteroatoms. The summed E-state index contributed by atoms with van der Waals surface area (Å²) in [4.78, 5) is 15.3. The van der Waals surface area contributed by atoms with Gasteiger partial charge >= 0.3 is 5.97 Å². The van der Waals surface area contributed by atoms with Gasteiger partial charge in [-0.1, -0.05) is 13.8 Å². The molecule has 0 saturated carbocycles. The highest BCUT2D eigenvalue weighted by molar-refractivity contribution is 6.01. The Balaban J connectivity index is 2.81. The second-order valence-electron chi connectivity index (χ2n) is 4.25. The molecule has 0 aliphatic heterocycles. The Bertz CT molecular complexity index is 555. The number of hydrogen-bond acceptors (Lipinski definition) is 2. The Kier molecular flexibility index (Phi) is 2.42. The lowest BCUT2D eigenvalue weighted by Gasteiger charge is -2.08. The van der Waals surface area contributed by atoms with Crippen LogP contribution in [-0.2, 0) is 7.05 Å². The summed E-state index contributed by atoms with van der Waals surface area (Å²) in [5.74, 6) is -0.622. The molecule has 84 valence electrons. The van der Waals surface area contributed by atoms with Crippen LogP contribution in [-0.4, -0.2) is 20.6 Å². The molecule has 0 amide bonds. The highest BCUT2D eigenvalue weighted by atomic mass is 16.4. The van der Waals surface area contributed by atoms with Crippen molar-refractivity contribution in [2.75, 3.05) is 0 Å². The summed E-state index contributed by atoms with van der Waals surface area (Å²) in [5, 5.41) is 9.15. The average molecular weight is 218 g/mol. The lowest BCUT2D eigenvalue weighted by Crippen LogP contribution is -2.01. The van der Waals surface area contributed by atoms with E-state index in [1.54, 1.807) is 12.4 Å². The first-order chi connectivity index (χ1) is 7.50. The third kappa shape index (κ3) is 1.56. The molecule has 0 aliphatic carbocycles. The van der Waals surface area contributed by atoms with Gasteiger partial charge in [-0.2, -0.15) is 0 Å². The van der Waals surface area contributed by atoms with E-state index in [4.69, 9.17) is 5.11 Å². The second kappa shape index (κ2) is 3.63. The number of carboxylic acids is 1. The number of nitrogens with zero attached hydrogens (tertiary/aromatic N) is 2. The van der Waals surface area contributed by atoms with Crippen molar-refractivity contribution in [3.05, 3.63) is 29.6 Å². The van der Waals surface area contributed by atoms with Gasteiger partial charge in [0.05, 0.1) is 17.4 Å². The minimum Gasteiger partial charge on any atom is -0.478 e. The SMILES string of the molecule is CC(C)c1cc(C(=O)O)c2ncn(C)c2c1. The van der Waals surface area contributed by atoms with Crippen molar-refractivity contribution < 1.29 is 9.90 Å². The summed E-state index contributed by atoms with van der Waals surface area (Å²) < 4.78 is 1.84. The summed E-state index contributed by atoms with van der Waals surface area (Å²) in [5.41, 5.74) is 2.72. The molecule has 0 saturated heterocycles. The normalized spacial score (nSPS) is 11.2. The molecule has 0 radical (unpaired) electrons. The van der Waals surface area contributed by atoms with Gasteiger partial charge in [-0.25, -0.2) is 9.78 Å². The van der Waals surface area contributed by atoms with Gasteiger partial charge in [0.2, 0.25) is 0 Å². The summed E-state index contributed by atoms with van der Waals surface area (Å²) in [6.07, 6.45) is 1.64. The van der Waals surface area contributed by atoms with Crippen molar-refractivity contribution in [1.29, 1.82) is 0 Å². The first kappa shape index (κ1) is 10.7. The zero-order valence-corrected chi connectivity index (χ0v) is 9.56. The van der Waals surface area contributed by atoms with Crippen LogP contribution in [0.4, 0.5) is 0 Å². The zero-order valence-electron chi connectivity index (χ0n) is 9.56. The fraction of sp³-hybridized carbons (Fsp3) is 0.333. The molecule has 0 aliphatic rings. The maximum Gasteiger partial charge on any atom is 0.337 e. The second-order valence-corrected chi connectivity index (χ2v) is 4.25. The van der Waals surface area contributed by atoms with Crippen molar-refractivity contribution in [2.24, 2.45) is 7.05 Å². The van der Waals surface area contributed by atoms with Crippen LogP contribution >= 0.6 is 0 Å². The third-order valence-electron chi connectivity index (χ3n) is 2.75. The molecule has 2 rings (SSSR count). The third-order valence-corrected chi connectivity index (χ3v) is 2.75. The van der Waals surface area contributed by atoms with E-state index in [1.807, 2.05) is 31.5 Å². The van der Waals surface area contributed by atoms with E-state index in [1.165, 1.54) is 0 Å². The average Bonchev–Trinajstić information content (AvgIpc) is 2.59. The van der Waals surface area contributed by atoms with Crippen molar-refractivity contribution >= 4 is 17.0 Å². The number of benzene rings is 1. The number of aromatic carboxylic acids is 1.